The second kappa shape index (κ2) is 8.47. The number of aryl methyl sites for hydroxylation is 1. The van der Waals surface area contributed by atoms with E-state index in [0.29, 0.717) is 24.0 Å². The van der Waals surface area contributed by atoms with E-state index in [2.05, 4.69) is 0 Å². The summed E-state index contributed by atoms with van der Waals surface area (Å²) in [5.41, 5.74) is 1.93. The summed E-state index contributed by atoms with van der Waals surface area (Å²) in [6, 6.07) is 13.2. The number of carbonyl (C=O) groups excluding carboxylic acids is 2. The van der Waals surface area contributed by atoms with Gasteiger partial charge in [0, 0.05) is 19.2 Å². The summed E-state index contributed by atoms with van der Waals surface area (Å²) in [6.45, 7) is 1.14. The smallest absolute Gasteiger partial charge is 0.419 e. The van der Waals surface area contributed by atoms with Gasteiger partial charge in [-0.3, -0.25) is 14.2 Å². The van der Waals surface area contributed by atoms with E-state index in [1.165, 1.54) is 15.5 Å². The summed E-state index contributed by atoms with van der Waals surface area (Å²) in [5, 5.41) is 11.2. The number of hydrogen-bond donors (Lipinski definition) is 1. The van der Waals surface area contributed by atoms with Gasteiger partial charge in [-0.15, -0.1) is 0 Å². The number of Topliss-reactive ketones (excluding diaryl/α,β-unsaturated/α-hetero) is 1. The van der Waals surface area contributed by atoms with Gasteiger partial charge in [-0.05, 0) is 50.8 Å². The Balaban J connectivity index is 1.82. The zero-order valence-electron chi connectivity index (χ0n) is 18.2. The zero-order chi connectivity index (χ0) is 23.0. The summed E-state index contributed by atoms with van der Waals surface area (Å²) in [6.07, 6.45) is 0.685. The number of rotatable bonds is 6. The summed E-state index contributed by atoms with van der Waals surface area (Å²) >= 11 is 0. The molecule has 1 aromatic heterocycles. The van der Waals surface area contributed by atoms with Crippen molar-refractivity contribution in [2.75, 3.05) is 27.2 Å². The Labute approximate surface area is 185 Å². The van der Waals surface area contributed by atoms with Crippen LogP contribution in [0.2, 0.25) is 0 Å². The minimum Gasteiger partial charge on any atom is -0.507 e. The lowest BCUT2D eigenvalue weighted by molar-refractivity contribution is -0.139. The predicted molar refractivity (Wildman–Crippen MR) is 120 cm³/mol. The first-order valence-corrected chi connectivity index (χ1v) is 10.4. The number of benzene rings is 2. The van der Waals surface area contributed by atoms with E-state index in [-0.39, 0.29) is 16.9 Å². The summed E-state index contributed by atoms with van der Waals surface area (Å²) in [7, 11) is 5.48. The lowest BCUT2D eigenvalue weighted by Crippen LogP contribution is -2.32. The molecule has 2 aromatic carbocycles. The van der Waals surface area contributed by atoms with Crippen molar-refractivity contribution in [1.29, 1.82) is 0 Å². The molecule has 1 unspecified atom stereocenters. The number of fused-ring (bicyclic) bond motifs is 1. The van der Waals surface area contributed by atoms with E-state index in [0.717, 1.165) is 12.1 Å². The summed E-state index contributed by atoms with van der Waals surface area (Å²) in [5.74, 6) is -2.17. The fraction of sp³-hybridized carbons (Fsp3) is 0.292. The quantitative estimate of drug-likeness (QED) is 0.363. The van der Waals surface area contributed by atoms with Crippen LogP contribution < -0.4 is 5.76 Å². The molecule has 8 nitrogen and oxygen atoms in total. The van der Waals surface area contributed by atoms with Gasteiger partial charge in [0.15, 0.2) is 5.58 Å². The van der Waals surface area contributed by atoms with Crippen LogP contribution in [0, 0.1) is 0 Å². The molecular formula is C24H25N3O5. The Bertz CT molecular complexity index is 1270. The molecule has 3 aromatic rings. The predicted octanol–water partition coefficient (Wildman–Crippen LogP) is 2.50. The number of likely N-dealkylation sites (tertiary alicyclic amines) is 1. The van der Waals surface area contributed by atoms with Crippen LogP contribution >= 0.6 is 0 Å². The van der Waals surface area contributed by atoms with Crippen LogP contribution in [-0.4, -0.2) is 58.3 Å². The number of ketones is 1. The van der Waals surface area contributed by atoms with Crippen LogP contribution in [0.25, 0.3) is 16.9 Å². The molecule has 1 aliphatic heterocycles. The average molecular weight is 435 g/mol. The maximum atomic E-state index is 13.0. The molecule has 0 spiro atoms. The highest BCUT2D eigenvalue weighted by molar-refractivity contribution is 6.46. The van der Waals surface area contributed by atoms with E-state index in [1.54, 1.807) is 19.2 Å². The van der Waals surface area contributed by atoms with E-state index in [1.807, 2.05) is 49.3 Å². The van der Waals surface area contributed by atoms with Crippen molar-refractivity contribution in [1.82, 2.24) is 14.4 Å². The van der Waals surface area contributed by atoms with Crippen molar-refractivity contribution in [3.8, 4) is 0 Å². The van der Waals surface area contributed by atoms with E-state index in [4.69, 9.17) is 4.42 Å². The molecule has 2 heterocycles. The number of oxazole rings is 1. The van der Waals surface area contributed by atoms with Crippen molar-refractivity contribution in [3.63, 3.8) is 0 Å². The first-order chi connectivity index (χ1) is 15.3. The second-order valence-corrected chi connectivity index (χ2v) is 8.17. The molecule has 0 aliphatic carbocycles. The number of nitrogens with zero attached hydrogens (tertiary/aromatic N) is 3. The minimum absolute atomic E-state index is 0.0312. The van der Waals surface area contributed by atoms with Gasteiger partial charge in [0.1, 0.15) is 5.76 Å². The Morgan fingerprint density at radius 1 is 1.09 bits per heavy atom. The molecule has 166 valence electrons. The molecule has 0 saturated carbocycles. The molecule has 1 atom stereocenters. The highest BCUT2D eigenvalue weighted by Gasteiger charge is 2.45. The van der Waals surface area contributed by atoms with Crippen molar-refractivity contribution >= 4 is 28.5 Å². The first kappa shape index (κ1) is 21.6. The van der Waals surface area contributed by atoms with Crippen molar-refractivity contribution in [3.05, 3.63) is 75.8 Å². The monoisotopic (exact) mass is 435 g/mol. The SMILES string of the molecule is CN(C)CCCN1C(=O)C(=O)C(=C(O)c2ccc3c(c2)oc(=O)n3C)C1c1ccccc1. The summed E-state index contributed by atoms with van der Waals surface area (Å²) < 4.78 is 6.57. The maximum absolute atomic E-state index is 13.0. The number of carbonyl (C=O) groups is 2. The van der Waals surface area contributed by atoms with E-state index >= 15 is 0 Å². The van der Waals surface area contributed by atoms with Gasteiger partial charge >= 0.3 is 5.76 Å². The van der Waals surface area contributed by atoms with Crippen LogP contribution in [0.1, 0.15) is 23.6 Å². The highest BCUT2D eigenvalue weighted by Crippen LogP contribution is 2.39. The second-order valence-electron chi connectivity index (χ2n) is 8.17. The third-order valence-electron chi connectivity index (χ3n) is 5.73. The van der Waals surface area contributed by atoms with Gasteiger partial charge in [-0.2, -0.15) is 0 Å². The number of aliphatic hydroxyl groups is 1. The Morgan fingerprint density at radius 3 is 2.50 bits per heavy atom. The lowest BCUT2D eigenvalue weighted by atomic mass is 9.95. The standard InChI is InChI=1S/C24H25N3O5/c1-25(2)12-7-13-27-20(15-8-5-4-6-9-15)19(22(29)23(27)30)21(28)16-10-11-17-18(14-16)32-24(31)26(17)3/h4-6,8-11,14,20,28H,7,12-13H2,1-3H3. The summed E-state index contributed by atoms with van der Waals surface area (Å²) in [4.78, 5) is 41.3. The minimum atomic E-state index is -0.726. The highest BCUT2D eigenvalue weighted by atomic mass is 16.4. The third kappa shape index (κ3) is 3.73. The molecule has 32 heavy (non-hydrogen) atoms. The van der Waals surface area contributed by atoms with Crippen molar-refractivity contribution in [2.24, 2.45) is 7.05 Å². The third-order valence-corrected chi connectivity index (χ3v) is 5.73. The van der Waals surface area contributed by atoms with E-state index < -0.39 is 23.5 Å². The van der Waals surface area contributed by atoms with Crippen LogP contribution in [0.5, 0.6) is 0 Å². The maximum Gasteiger partial charge on any atom is 0.419 e. The Hall–Kier alpha value is -3.65. The molecule has 4 rings (SSSR count). The molecular weight excluding hydrogens is 410 g/mol. The normalized spacial score (nSPS) is 18.2. The molecule has 1 saturated heterocycles. The van der Waals surface area contributed by atoms with Crippen molar-refractivity contribution in [2.45, 2.75) is 12.5 Å². The number of aromatic nitrogens is 1. The first-order valence-electron chi connectivity index (χ1n) is 10.4. The van der Waals surface area contributed by atoms with Gasteiger partial charge in [0.2, 0.25) is 0 Å². The Kier molecular flexibility index (Phi) is 5.71. The molecule has 0 bridgehead atoms. The fourth-order valence-corrected chi connectivity index (χ4v) is 4.09. The van der Waals surface area contributed by atoms with E-state index in [9.17, 15) is 19.5 Å². The molecule has 1 aliphatic rings. The number of aliphatic hydroxyl groups excluding tert-OH is 1. The molecule has 1 N–H and O–H groups in total. The van der Waals surface area contributed by atoms with Gasteiger partial charge in [0.25, 0.3) is 11.7 Å². The zero-order valence-corrected chi connectivity index (χ0v) is 18.2. The molecule has 1 fully saturated rings. The lowest BCUT2D eigenvalue weighted by Gasteiger charge is -2.26. The topological polar surface area (TPSA) is 96.0 Å². The van der Waals surface area contributed by atoms with Crippen LogP contribution in [0.4, 0.5) is 0 Å². The van der Waals surface area contributed by atoms with Gasteiger partial charge in [-0.25, -0.2) is 4.79 Å². The van der Waals surface area contributed by atoms with Gasteiger partial charge in [0.05, 0.1) is 17.1 Å². The molecule has 0 radical (unpaired) electrons. The largest absolute Gasteiger partial charge is 0.507 e. The van der Waals surface area contributed by atoms with Gasteiger partial charge in [-0.1, -0.05) is 30.3 Å². The number of hydrogen-bond acceptors (Lipinski definition) is 6. The molecule has 8 heteroatoms. The molecule has 1 amide bonds. The Morgan fingerprint density at radius 2 is 1.81 bits per heavy atom. The average Bonchev–Trinajstić information content (AvgIpc) is 3.20. The number of amides is 1. The van der Waals surface area contributed by atoms with Crippen LogP contribution in [0.3, 0.4) is 0 Å². The van der Waals surface area contributed by atoms with Gasteiger partial charge < -0.3 is 19.3 Å². The van der Waals surface area contributed by atoms with Crippen LogP contribution in [-0.2, 0) is 16.6 Å². The van der Waals surface area contributed by atoms with Crippen LogP contribution in [0.15, 0.2) is 63.3 Å². The van der Waals surface area contributed by atoms with Crippen molar-refractivity contribution < 1.29 is 19.1 Å². The fourth-order valence-electron chi connectivity index (χ4n) is 4.09.